The van der Waals surface area contributed by atoms with Crippen LogP contribution < -0.4 is 34.9 Å². The number of hydrogen-bond donors (Lipinski definition) is 1. The Labute approximate surface area is 140 Å². The van der Waals surface area contributed by atoms with Crippen LogP contribution in [0.2, 0.25) is 0 Å². The molecule has 1 rings (SSSR count). The van der Waals surface area contributed by atoms with Gasteiger partial charge in [0.1, 0.15) is 6.61 Å². The molecule has 0 aliphatic heterocycles. The van der Waals surface area contributed by atoms with Crippen LogP contribution in [0.3, 0.4) is 0 Å². The summed E-state index contributed by atoms with van der Waals surface area (Å²) in [6, 6.07) is 9.15. The van der Waals surface area contributed by atoms with Crippen molar-refractivity contribution in [2.75, 3.05) is 12.3 Å². The molecule has 0 atom stereocenters. The van der Waals surface area contributed by atoms with E-state index >= 15 is 0 Å². The number of alkyl carbamates (subject to hydrolysis) is 1. The van der Waals surface area contributed by atoms with E-state index in [0.717, 1.165) is 5.56 Å². The number of rotatable bonds is 6. The Morgan fingerprint density at radius 1 is 1.25 bits per heavy atom. The van der Waals surface area contributed by atoms with Crippen LogP contribution in [0.15, 0.2) is 30.3 Å². The van der Waals surface area contributed by atoms with Crippen molar-refractivity contribution in [3.05, 3.63) is 35.9 Å². The SMILES string of the molecule is O.O=C(NCCCS(=O)(=O)[O-])OCc1ccccc1.[Na+]. The Morgan fingerprint density at radius 2 is 1.85 bits per heavy atom. The van der Waals surface area contributed by atoms with Gasteiger partial charge < -0.3 is 20.1 Å². The van der Waals surface area contributed by atoms with Gasteiger partial charge in [-0.15, -0.1) is 0 Å². The number of amides is 1. The van der Waals surface area contributed by atoms with Gasteiger partial charge in [-0.25, -0.2) is 13.2 Å². The molecule has 108 valence electrons. The number of benzene rings is 1. The number of hydrogen-bond acceptors (Lipinski definition) is 5. The average molecular weight is 313 g/mol. The molecule has 7 nitrogen and oxygen atoms in total. The zero-order valence-electron chi connectivity index (χ0n) is 11.2. The predicted octanol–water partition coefficient (Wildman–Crippen LogP) is -2.97. The van der Waals surface area contributed by atoms with Gasteiger partial charge in [-0.05, 0) is 12.0 Å². The van der Waals surface area contributed by atoms with Gasteiger partial charge >= 0.3 is 35.7 Å². The van der Waals surface area contributed by atoms with Crippen LogP contribution in [0.4, 0.5) is 4.79 Å². The second-order valence-electron chi connectivity index (χ2n) is 3.60. The quantitative estimate of drug-likeness (QED) is 0.341. The first-order valence-corrected chi connectivity index (χ1v) is 6.93. The van der Waals surface area contributed by atoms with Gasteiger partial charge in [0.2, 0.25) is 0 Å². The molecule has 0 aliphatic carbocycles. The van der Waals surface area contributed by atoms with Crippen LogP contribution in [0, 0.1) is 0 Å². The summed E-state index contributed by atoms with van der Waals surface area (Å²) < 4.78 is 35.7. The van der Waals surface area contributed by atoms with Crippen LogP contribution in [-0.4, -0.2) is 36.8 Å². The molecule has 1 aromatic rings. The fraction of sp³-hybridized carbons (Fsp3) is 0.364. The second-order valence-corrected chi connectivity index (χ2v) is 5.13. The summed E-state index contributed by atoms with van der Waals surface area (Å²) in [6.45, 7) is 0.238. The molecule has 1 amide bonds. The molecular formula is C11H16NNaO6S. The normalized spacial score (nSPS) is 9.85. The van der Waals surface area contributed by atoms with E-state index in [2.05, 4.69) is 5.32 Å². The van der Waals surface area contributed by atoms with Gasteiger partial charge in [-0.3, -0.25) is 0 Å². The Balaban J connectivity index is 0. The molecular weight excluding hydrogens is 297 g/mol. The summed E-state index contributed by atoms with van der Waals surface area (Å²) >= 11 is 0. The van der Waals surface area contributed by atoms with Gasteiger partial charge in [-0.2, -0.15) is 0 Å². The maximum atomic E-state index is 11.2. The third-order valence-corrected chi connectivity index (χ3v) is 2.84. The minimum Gasteiger partial charge on any atom is -0.748 e. The van der Waals surface area contributed by atoms with Crippen molar-refractivity contribution in [1.29, 1.82) is 0 Å². The zero-order valence-corrected chi connectivity index (χ0v) is 14.0. The summed E-state index contributed by atoms with van der Waals surface area (Å²) in [5, 5.41) is 2.36. The number of nitrogens with one attached hydrogen (secondary N) is 1. The number of carbonyl (C=O) groups is 1. The van der Waals surface area contributed by atoms with Crippen molar-refractivity contribution < 1.29 is 57.5 Å². The van der Waals surface area contributed by atoms with E-state index in [1.807, 2.05) is 30.3 Å². The van der Waals surface area contributed by atoms with E-state index in [0.29, 0.717) is 0 Å². The van der Waals surface area contributed by atoms with Crippen LogP contribution in [0.25, 0.3) is 0 Å². The third kappa shape index (κ3) is 11.2. The summed E-state index contributed by atoms with van der Waals surface area (Å²) in [6.07, 6.45) is -0.561. The molecule has 0 aromatic heterocycles. The summed E-state index contributed by atoms with van der Waals surface area (Å²) in [5.41, 5.74) is 0.856. The van der Waals surface area contributed by atoms with Crippen molar-refractivity contribution in [2.24, 2.45) is 0 Å². The Morgan fingerprint density at radius 3 is 2.40 bits per heavy atom. The van der Waals surface area contributed by atoms with Crippen molar-refractivity contribution in [2.45, 2.75) is 13.0 Å². The summed E-state index contributed by atoms with van der Waals surface area (Å²) in [7, 11) is -4.22. The topological polar surface area (TPSA) is 127 Å². The first-order valence-electron chi connectivity index (χ1n) is 5.35. The predicted molar refractivity (Wildman–Crippen MR) is 67.4 cm³/mol. The molecule has 0 bridgehead atoms. The smallest absolute Gasteiger partial charge is 0.748 e. The van der Waals surface area contributed by atoms with Gasteiger partial charge in [0.05, 0.1) is 10.1 Å². The summed E-state index contributed by atoms with van der Waals surface area (Å²) in [5.74, 6) is -0.494. The molecule has 0 spiro atoms. The van der Waals surface area contributed by atoms with E-state index < -0.39 is 22.0 Å². The Bertz CT molecular complexity index is 479. The molecule has 0 saturated carbocycles. The molecule has 0 aliphatic rings. The van der Waals surface area contributed by atoms with Crippen molar-refractivity contribution in [3.63, 3.8) is 0 Å². The minimum atomic E-state index is -4.22. The standard InChI is InChI=1S/C11H15NO5S.Na.H2O/c13-11(12-7-4-8-18(14,15)16)17-9-10-5-2-1-3-6-10;;/h1-3,5-6H,4,7-9H2,(H,12,13)(H,14,15,16);;1H2/q;+1;/p-1. The van der Waals surface area contributed by atoms with Crippen LogP contribution in [0.1, 0.15) is 12.0 Å². The molecule has 0 fully saturated rings. The molecule has 20 heavy (non-hydrogen) atoms. The van der Waals surface area contributed by atoms with E-state index in [1.54, 1.807) is 0 Å². The van der Waals surface area contributed by atoms with Gasteiger partial charge in [0, 0.05) is 12.3 Å². The van der Waals surface area contributed by atoms with Crippen LogP contribution >= 0.6 is 0 Å². The van der Waals surface area contributed by atoms with E-state index in [4.69, 9.17) is 4.74 Å². The Kier molecular flexibility index (Phi) is 12.0. The maximum Gasteiger partial charge on any atom is 1.00 e. The van der Waals surface area contributed by atoms with Gasteiger partial charge in [0.15, 0.2) is 0 Å². The van der Waals surface area contributed by atoms with E-state index in [1.165, 1.54) is 0 Å². The fourth-order valence-electron chi connectivity index (χ4n) is 1.21. The van der Waals surface area contributed by atoms with E-state index in [-0.39, 0.29) is 54.6 Å². The van der Waals surface area contributed by atoms with Crippen molar-refractivity contribution in [3.8, 4) is 0 Å². The molecule has 1 aromatic carbocycles. The second kappa shape index (κ2) is 11.1. The first-order chi connectivity index (χ1) is 8.47. The largest absolute Gasteiger partial charge is 1.00 e. The van der Waals surface area contributed by atoms with Gasteiger partial charge in [0.25, 0.3) is 0 Å². The molecule has 0 heterocycles. The van der Waals surface area contributed by atoms with Gasteiger partial charge in [-0.1, -0.05) is 30.3 Å². The number of carbonyl (C=O) groups excluding carboxylic acids is 1. The fourth-order valence-corrected chi connectivity index (χ4v) is 1.71. The van der Waals surface area contributed by atoms with E-state index in [9.17, 15) is 17.8 Å². The molecule has 0 saturated heterocycles. The van der Waals surface area contributed by atoms with Crippen LogP contribution in [-0.2, 0) is 21.5 Å². The molecule has 0 radical (unpaired) electrons. The van der Waals surface area contributed by atoms with Crippen molar-refractivity contribution >= 4 is 16.2 Å². The number of ether oxygens (including phenoxy) is 1. The Hall–Kier alpha value is -0.640. The minimum absolute atomic E-state index is 0. The van der Waals surface area contributed by atoms with Crippen LogP contribution in [0.5, 0.6) is 0 Å². The van der Waals surface area contributed by atoms with Crippen molar-refractivity contribution in [1.82, 2.24) is 5.32 Å². The third-order valence-electron chi connectivity index (χ3n) is 2.05. The monoisotopic (exact) mass is 313 g/mol. The average Bonchev–Trinajstić information content (AvgIpc) is 2.32. The molecule has 9 heteroatoms. The maximum absolute atomic E-state index is 11.2. The molecule has 0 unspecified atom stereocenters. The first kappa shape index (κ1) is 21.7. The summed E-state index contributed by atoms with van der Waals surface area (Å²) in [4.78, 5) is 11.2. The zero-order chi connectivity index (χ0) is 13.4. The molecule has 3 N–H and O–H groups in total.